The highest BCUT2D eigenvalue weighted by molar-refractivity contribution is 9.10. The van der Waals surface area contributed by atoms with Crippen LogP contribution in [0, 0.1) is 0 Å². The SMILES string of the molecule is O=S(=O)(Cl)c1cccnc1Oc1cc(Cl)c(Br)cc1Cl. The lowest BCUT2D eigenvalue weighted by molar-refractivity contribution is 0.448. The van der Waals surface area contributed by atoms with Crippen LogP contribution in [0.25, 0.3) is 0 Å². The Labute approximate surface area is 138 Å². The molecular weight excluding hydrogens is 412 g/mol. The summed E-state index contributed by atoms with van der Waals surface area (Å²) < 4.78 is 28.8. The van der Waals surface area contributed by atoms with E-state index in [0.29, 0.717) is 9.50 Å². The van der Waals surface area contributed by atoms with Crippen LogP contribution in [-0.4, -0.2) is 13.4 Å². The fourth-order valence-electron chi connectivity index (χ4n) is 1.32. The predicted octanol–water partition coefficient (Wildman–Crippen LogP) is 4.87. The average molecular weight is 417 g/mol. The fourth-order valence-corrected chi connectivity index (χ4v) is 3.05. The summed E-state index contributed by atoms with van der Waals surface area (Å²) in [4.78, 5) is 3.58. The maximum absolute atomic E-state index is 11.4. The summed E-state index contributed by atoms with van der Waals surface area (Å²) in [6.07, 6.45) is 1.37. The zero-order chi connectivity index (χ0) is 14.9. The molecule has 0 bridgehead atoms. The van der Waals surface area contributed by atoms with Crippen molar-refractivity contribution in [3.05, 3.63) is 45.0 Å². The molecule has 106 valence electrons. The number of nitrogens with zero attached hydrogens (tertiary/aromatic N) is 1. The standard InChI is InChI=1S/C11H5BrCl3NO3S/c12-6-4-8(14)9(5-7(6)13)19-11-10(20(15,17)18)2-1-3-16-11/h1-5H. The molecule has 0 unspecified atom stereocenters. The van der Waals surface area contributed by atoms with Gasteiger partial charge in [0.15, 0.2) is 0 Å². The van der Waals surface area contributed by atoms with Crippen LogP contribution in [0.1, 0.15) is 0 Å². The van der Waals surface area contributed by atoms with Gasteiger partial charge in [0.2, 0.25) is 5.88 Å². The van der Waals surface area contributed by atoms with Crippen molar-refractivity contribution in [2.45, 2.75) is 4.90 Å². The molecule has 0 radical (unpaired) electrons. The summed E-state index contributed by atoms with van der Waals surface area (Å²) in [6, 6.07) is 5.67. The van der Waals surface area contributed by atoms with Crippen molar-refractivity contribution in [2.24, 2.45) is 0 Å². The van der Waals surface area contributed by atoms with Gasteiger partial charge in [-0.3, -0.25) is 0 Å². The molecule has 0 aliphatic rings. The monoisotopic (exact) mass is 415 g/mol. The minimum Gasteiger partial charge on any atom is -0.436 e. The van der Waals surface area contributed by atoms with Gasteiger partial charge in [0.1, 0.15) is 10.6 Å². The Morgan fingerprint density at radius 3 is 2.55 bits per heavy atom. The molecule has 0 aliphatic heterocycles. The van der Waals surface area contributed by atoms with E-state index in [4.69, 9.17) is 38.6 Å². The molecule has 1 aromatic carbocycles. The van der Waals surface area contributed by atoms with Gasteiger partial charge in [-0.05, 0) is 34.1 Å². The highest BCUT2D eigenvalue weighted by Gasteiger charge is 2.19. The van der Waals surface area contributed by atoms with Crippen LogP contribution >= 0.6 is 49.8 Å². The van der Waals surface area contributed by atoms with E-state index in [0.717, 1.165) is 0 Å². The molecule has 4 nitrogen and oxygen atoms in total. The van der Waals surface area contributed by atoms with Gasteiger partial charge in [0.05, 0.1) is 10.0 Å². The van der Waals surface area contributed by atoms with E-state index in [2.05, 4.69) is 20.9 Å². The molecule has 0 amide bonds. The molecule has 2 rings (SSSR count). The Morgan fingerprint density at radius 1 is 1.20 bits per heavy atom. The highest BCUT2D eigenvalue weighted by Crippen LogP contribution is 2.37. The van der Waals surface area contributed by atoms with Gasteiger partial charge in [-0.1, -0.05) is 23.2 Å². The first kappa shape index (κ1) is 15.9. The number of aromatic nitrogens is 1. The topological polar surface area (TPSA) is 56.3 Å². The molecule has 0 fully saturated rings. The first-order valence-electron chi connectivity index (χ1n) is 5.01. The Bertz CT molecular complexity index is 768. The van der Waals surface area contributed by atoms with E-state index >= 15 is 0 Å². The molecule has 0 saturated carbocycles. The fraction of sp³-hybridized carbons (Fsp3) is 0. The van der Waals surface area contributed by atoms with Gasteiger partial charge in [-0.25, -0.2) is 13.4 Å². The molecule has 0 spiro atoms. The zero-order valence-electron chi connectivity index (χ0n) is 9.48. The molecule has 0 N–H and O–H groups in total. The number of hydrogen-bond donors (Lipinski definition) is 0. The molecule has 20 heavy (non-hydrogen) atoms. The summed E-state index contributed by atoms with van der Waals surface area (Å²) in [5.41, 5.74) is 0. The minimum absolute atomic E-state index is 0.167. The van der Waals surface area contributed by atoms with E-state index in [1.165, 1.54) is 30.5 Å². The Morgan fingerprint density at radius 2 is 1.90 bits per heavy atom. The molecule has 0 atom stereocenters. The third kappa shape index (κ3) is 3.56. The molecule has 9 heteroatoms. The Hall–Kier alpha value is -0.530. The van der Waals surface area contributed by atoms with Crippen molar-refractivity contribution in [3.63, 3.8) is 0 Å². The van der Waals surface area contributed by atoms with Crippen molar-refractivity contribution in [1.29, 1.82) is 0 Å². The maximum Gasteiger partial charge on any atom is 0.266 e. The summed E-state index contributed by atoms with van der Waals surface area (Å²) in [6.45, 7) is 0. The van der Waals surface area contributed by atoms with E-state index in [9.17, 15) is 8.42 Å². The van der Waals surface area contributed by atoms with Crippen molar-refractivity contribution >= 4 is 58.9 Å². The Balaban J connectivity index is 2.49. The van der Waals surface area contributed by atoms with Crippen LogP contribution in [-0.2, 0) is 9.05 Å². The van der Waals surface area contributed by atoms with Crippen molar-refractivity contribution in [3.8, 4) is 11.6 Å². The largest absolute Gasteiger partial charge is 0.436 e. The van der Waals surface area contributed by atoms with Gasteiger partial charge in [0, 0.05) is 27.4 Å². The second-order valence-electron chi connectivity index (χ2n) is 3.54. The second-order valence-corrected chi connectivity index (χ2v) is 7.75. The smallest absolute Gasteiger partial charge is 0.266 e. The lowest BCUT2D eigenvalue weighted by atomic mass is 10.3. The molecule has 1 aromatic heterocycles. The number of ether oxygens (including phenoxy) is 1. The number of benzene rings is 1. The van der Waals surface area contributed by atoms with E-state index in [1.54, 1.807) is 0 Å². The quantitative estimate of drug-likeness (QED) is 0.528. The molecule has 2 aromatic rings. The number of pyridine rings is 1. The van der Waals surface area contributed by atoms with Crippen LogP contribution in [0.2, 0.25) is 10.0 Å². The van der Waals surface area contributed by atoms with Crippen LogP contribution in [0.15, 0.2) is 39.8 Å². The highest BCUT2D eigenvalue weighted by atomic mass is 79.9. The van der Waals surface area contributed by atoms with Gasteiger partial charge in [-0.15, -0.1) is 0 Å². The van der Waals surface area contributed by atoms with Gasteiger partial charge < -0.3 is 4.74 Å². The number of halogens is 4. The van der Waals surface area contributed by atoms with Crippen molar-refractivity contribution in [1.82, 2.24) is 4.98 Å². The van der Waals surface area contributed by atoms with Crippen molar-refractivity contribution < 1.29 is 13.2 Å². The summed E-state index contributed by atoms with van der Waals surface area (Å²) in [5.74, 6) is -0.0112. The summed E-state index contributed by atoms with van der Waals surface area (Å²) in [5, 5.41) is 0.598. The average Bonchev–Trinajstić information content (AvgIpc) is 2.35. The van der Waals surface area contributed by atoms with Gasteiger partial charge in [0.25, 0.3) is 9.05 Å². The molecular formula is C11H5BrCl3NO3S. The molecule has 0 aliphatic carbocycles. The maximum atomic E-state index is 11.4. The molecule has 1 heterocycles. The van der Waals surface area contributed by atoms with E-state index in [1.807, 2.05) is 0 Å². The third-order valence-corrected chi connectivity index (χ3v) is 5.01. The van der Waals surface area contributed by atoms with E-state index in [-0.39, 0.29) is 21.5 Å². The zero-order valence-corrected chi connectivity index (χ0v) is 14.1. The van der Waals surface area contributed by atoms with Crippen LogP contribution in [0.4, 0.5) is 0 Å². The summed E-state index contributed by atoms with van der Waals surface area (Å²) >= 11 is 15.1. The lowest BCUT2D eigenvalue weighted by Gasteiger charge is -2.10. The minimum atomic E-state index is -3.99. The van der Waals surface area contributed by atoms with Crippen molar-refractivity contribution in [2.75, 3.05) is 0 Å². The van der Waals surface area contributed by atoms with Crippen LogP contribution in [0.5, 0.6) is 11.6 Å². The Kier molecular flexibility index (Phi) is 4.81. The van der Waals surface area contributed by atoms with Crippen LogP contribution < -0.4 is 4.74 Å². The van der Waals surface area contributed by atoms with E-state index < -0.39 is 9.05 Å². The second kappa shape index (κ2) is 6.07. The first-order chi connectivity index (χ1) is 9.29. The lowest BCUT2D eigenvalue weighted by Crippen LogP contribution is -1.98. The first-order valence-corrected chi connectivity index (χ1v) is 8.87. The normalized spacial score (nSPS) is 11.4. The van der Waals surface area contributed by atoms with Gasteiger partial charge >= 0.3 is 0 Å². The number of hydrogen-bond acceptors (Lipinski definition) is 4. The molecule has 0 saturated heterocycles. The predicted molar refractivity (Wildman–Crippen MR) is 81.5 cm³/mol. The van der Waals surface area contributed by atoms with Crippen LogP contribution in [0.3, 0.4) is 0 Å². The van der Waals surface area contributed by atoms with Gasteiger partial charge in [-0.2, -0.15) is 0 Å². The number of rotatable bonds is 3. The summed E-state index contributed by atoms with van der Waals surface area (Å²) in [7, 11) is 1.33. The third-order valence-electron chi connectivity index (χ3n) is 2.18.